The van der Waals surface area contributed by atoms with Gasteiger partial charge in [0.15, 0.2) is 0 Å². The summed E-state index contributed by atoms with van der Waals surface area (Å²) in [5.41, 5.74) is 9.15. The molecule has 0 radical (unpaired) electrons. The van der Waals surface area contributed by atoms with Gasteiger partial charge < -0.3 is 4.57 Å². The van der Waals surface area contributed by atoms with Crippen LogP contribution in [0.3, 0.4) is 0 Å². The van der Waals surface area contributed by atoms with E-state index in [2.05, 4.69) is 133 Å². The Bertz CT molecular complexity index is 2590. The topological polar surface area (TPSA) is 4.93 Å². The van der Waals surface area contributed by atoms with Crippen LogP contribution in [0, 0.1) is 6.92 Å². The Morgan fingerprint density at radius 2 is 1.44 bits per heavy atom. The van der Waals surface area contributed by atoms with Gasteiger partial charge in [-0.05, 0) is 105 Å². The monoisotopic (exact) mass is 565 g/mol. The first kappa shape index (κ1) is 23.6. The van der Waals surface area contributed by atoms with E-state index in [1.54, 1.807) is 0 Å². The fraction of sp³-hybridized carbons (Fsp3) is 0.0732. The quantitative estimate of drug-likeness (QED) is 0.184. The van der Waals surface area contributed by atoms with Gasteiger partial charge in [0.05, 0.1) is 11.0 Å². The van der Waals surface area contributed by atoms with Gasteiger partial charge in [-0.25, -0.2) is 0 Å². The van der Waals surface area contributed by atoms with Crippen LogP contribution in [0.4, 0.5) is 0 Å². The highest BCUT2D eigenvalue weighted by Gasteiger charge is 2.20. The number of thiophene rings is 1. The summed E-state index contributed by atoms with van der Waals surface area (Å²) in [6.07, 6.45) is 6.91. The molecule has 9 aromatic rings. The van der Waals surface area contributed by atoms with E-state index < -0.39 is 0 Å². The lowest BCUT2D eigenvalue weighted by Gasteiger charge is -2.15. The molecule has 0 amide bonds. The van der Waals surface area contributed by atoms with Crippen LogP contribution in [-0.2, 0) is 6.42 Å². The van der Waals surface area contributed by atoms with Gasteiger partial charge in [-0.2, -0.15) is 0 Å². The fourth-order valence-corrected chi connectivity index (χ4v) is 9.02. The van der Waals surface area contributed by atoms with Crippen LogP contribution in [-0.4, -0.2) is 4.57 Å². The first-order valence-electron chi connectivity index (χ1n) is 15.2. The van der Waals surface area contributed by atoms with Crippen molar-refractivity contribution in [3.05, 3.63) is 131 Å². The van der Waals surface area contributed by atoms with Crippen molar-refractivity contribution < 1.29 is 0 Å². The predicted molar refractivity (Wildman–Crippen MR) is 187 cm³/mol. The molecule has 10 rings (SSSR count). The molecule has 0 fully saturated rings. The highest BCUT2D eigenvalue weighted by atomic mass is 32.1. The van der Waals surface area contributed by atoms with Crippen LogP contribution in [0.2, 0.25) is 0 Å². The second kappa shape index (κ2) is 8.56. The van der Waals surface area contributed by atoms with Crippen LogP contribution in [0.15, 0.2) is 115 Å². The Balaban J connectivity index is 1.25. The molecule has 2 aromatic heterocycles. The number of aromatic nitrogens is 1. The minimum atomic E-state index is 1.14. The average Bonchev–Trinajstić information content (AvgIpc) is 3.59. The molecule has 0 saturated carbocycles. The van der Waals surface area contributed by atoms with Crippen molar-refractivity contribution >= 4 is 81.6 Å². The second-order valence-corrected chi connectivity index (χ2v) is 13.2. The highest BCUT2D eigenvalue weighted by Crippen LogP contribution is 2.44. The summed E-state index contributed by atoms with van der Waals surface area (Å²) in [4.78, 5) is 1.43. The van der Waals surface area contributed by atoms with Gasteiger partial charge in [0.25, 0.3) is 0 Å². The third kappa shape index (κ3) is 3.22. The fourth-order valence-electron chi connectivity index (χ4n) is 7.70. The summed E-state index contributed by atoms with van der Waals surface area (Å²) in [5.74, 6) is 0. The van der Waals surface area contributed by atoms with Gasteiger partial charge in [0.2, 0.25) is 0 Å². The van der Waals surface area contributed by atoms with Crippen molar-refractivity contribution in [2.45, 2.75) is 19.8 Å². The number of benzene rings is 7. The Hall–Kier alpha value is -4.92. The van der Waals surface area contributed by atoms with Crippen LogP contribution < -0.4 is 0 Å². The van der Waals surface area contributed by atoms with Crippen molar-refractivity contribution in [3.63, 3.8) is 0 Å². The lowest BCUT2D eigenvalue weighted by Crippen LogP contribution is -1.95. The van der Waals surface area contributed by atoms with E-state index in [0.717, 1.165) is 12.8 Å². The van der Waals surface area contributed by atoms with Crippen molar-refractivity contribution in [1.82, 2.24) is 4.57 Å². The molecular formula is C41H27NS. The molecule has 1 aliphatic carbocycles. The largest absolute Gasteiger partial charge is 0.309 e. The molecule has 1 aliphatic rings. The summed E-state index contributed by atoms with van der Waals surface area (Å²) in [6.45, 7) is 2.20. The molecule has 0 atom stereocenters. The maximum atomic E-state index is 2.50. The zero-order chi connectivity index (χ0) is 28.2. The van der Waals surface area contributed by atoms with Crippen molar-refractivity contribution in [3.8, 4) is 16.8 Å². The Morgan fingerprint density at radius 1 is 0.651 bits per heavy atom. The van der Waals surface area contributed by atoms with E-state index in [-0.39, 0.29) is 0 Å². The number of hydrogen-bond donors (Lipinski definition) is 0. The number of fused-ring (bicyclic) bond motifs is 7. The number of hydrogen-bond acceptors (Lipinski definition) is 1. The van der Waals surface area contributed by atoms with E-state index in [1.165, 1.54) is 97.0 Å². The van der Waals surface area contributed by atoms with Crippen LogP contribution in [0.5, 0.6) is 0 Å². The van der Waals surface area contributed by atoms with E-state index in [9.17, 15) is 0 Å². The summed E-state index contributed by atoms with van der Waals surface area (Å²) in [6, 6.07) is 41.3. The molecule has 0 aliphatic heterocycles. The van der Waals surface area contributed by atoms with Crippen molar-refractivity contribution in [2.24, 2.45) is 0 Å². The van der Waals surface area contributed by atoms with Gasteiger partial charge in [-0.3, -0.25) is 0 Å². The summed E-state index contributed by atoms with van der Waals surface area (Å²) in [7, 11) is 0. The zero-order valence-electron chi connectivity index (χ0n) is 23.8. The van der Waals surface area contributed by atoms with E-state index in [4.69, 9.17) is 0 Å². The van der Waals surface area contributed by atoms with Crippen molar-refractivity contribution in [2.75, 3.05) is 0 Å². The molecule has 7 aromatic carbocycles. The smallest absolute Gasteiger partial charge is 0.0620 e. The molecule has 0 spiro atoms. The van der Waals surface area contributed by atoms with Crippen molar-refractivity contribution in [1.29, 1.82) is 0 Å². The summed E-state index contributed by atoms with van der Waals surface area (Å²) in [5, 5.41) is 12.0. The van der Waals surface area contributed by atoms with Crippen LogP contribution in [0.25, 0.3) is 87.1 Å². The SMILES string of the molecule is Cc1ccc2c3cc4ccc5cccc6ccc(c4c56)c3n(-c3ccc(-c4cccc5c6c(sc45)C=CCC6)cc3)c2c1. The van der Waals surface area contributed by atoms with Gasteiger partial charge in [-0.15, -0.1) is 11.3 Å². The van der Waals surface area contributed by atoms with Gasteiger partial charge >= 0.3 is 0 Å². The van der Waals surface area contributed by atoms with Gasteiger partial charge in [0.1, 0.15) is 0 Å². The minimum absolute atomic E-state index is 1.14. The zero-order valence-corrected chi connectivity index (χ0v) is 24.6. The van der Waals surface area contributed by atoms with Crippen LogP contribution in [0.1, 0.15) is 22.4 Å². The number of aryl methyl sites for hydroxylation is 2. The van der Waals surface area contributed by atoms with Gasteiger partial charge in [0, 0.05) is 31.4 Å². The minimum Gasteiger partial charge on any atom is -0.309 e. The molecule has 0 unspecified atom stereocenters. The molecule has 1 nitrogen and oxygen atoms in total. The molecular weight excluding hydrogens is 539 g/mol. The number of allylic oxidation sites excluding steroid dienone is 1. The third-order valence-corrected chi connectivity index (χ3v) is 10.9. The molecule has 202 valence electrons. The maximum Gasteiger partial charge on any atom is 0.0620 e. The standard InChI is InChI=1S/C41H27NS/c1-24-12-20-31-35-23-28-14-13-26-6-4-7-27-17-21-34(39(28)38(26)27)40(35)42(36(31)22-24)29-18-15-25(16-19-29)30-9-5-10-33-32-8-2-3-11-37(32)43-41(30)33/h3-7,9-23H,2,8H2,1H3. The summed E-state index contributed by atoms with van der Waals surface area (Å²) < 4.78 is 3.91. The summed E-state index contributed by atoms with van der Waals surface area (Å²) >= 11 is 1.94. The Labute approximate surface area is 253 Å². The van der Waals surface area contributed by atoms with E-state index in [0.29, 0.717) is 0 Å². The Kier molecular flexibility index (Phi) is 4.70. The first-order chi connectivity index (χ1) is 21.2. The normalized spacial score (nSPS) is 13.4. The average molecular weight is 566 g/mol. The third-order valence-electron chi connectivity index (χ3n) is 9.64. The molecule has 2 heteroatoms. The first-order valence-corrected chi connectivity index (χ1v) is 16.0. The molecule has 0 N–H and O–H groups in total. The number of rotatable bonds is 2. The molecule has 0 saturated heterocycles. The van der Waals surface area contributed by atoms with E-state index >= 15 is 0 Å². The lowest BCUT2D eigenvalue weighted by atomic mass is 9.92. The number of nitrogens with zero attached hydrogens (tertiary/aromatic N) is 1. The Morgan fingerprint density at radius 3 is 2.33 bits per heavy atom. The molecule has 43 heavy (non-hydrogen) atoms. The van der Waals surface area contributed by atoms with E-state index in [1.807, 2.05) is 11.3 Å². The maximum absolute atomic E-state index is 2.50. The lowest BCUT2D eigenvalue weighted by molar-refractivity contribution is 1.01. The molecule has 0 bridgehead atoms. The second-order valence-electron chi connectivity index (χ2n) is 12.1. The molecule has 2 heterocycles. The predicted octanol–water partition coefficient (Wildman–Crippen LogP) is 11.8. The van der Waals surface area contributed by atoms with Gasteiger partial charge in [-0.1, -0.05) is 91.0 Å². The highest BCUT2D eigenvalue weighted by molar-refractivity contribution is 7.20. The van der Waals surface area contributed by atoms with Crippen LogP contribution >= 0.6 is 11.3 Å².